The number of hydrogen-bond acceptors (Lipinski definition) is 15. The van der Waals surface area contributed by atoms with Gasteiger partial charge in [0.15, 0.2) is 12.2 Å². The first kappa shape index (κ1) is 93.1. The predicted octanol–water partition coefficient (Wildman–Crippen LogP) is 22.0. The smallest absolute Gasteiger partial charge is 0.462 e. The van der Waals surface area contributed by atoms with E-state index < -0.39 is 97.5 Å². The van der Waals surface area contributed by atoms with E-state index >= 15 is 0 Å². The van der Waals surface area contributed by atoms with Crippen molar-refractivity contribution >= 4 is 39.5 Å². The van der Waals surface area contributed by atoms with Crippen LogP contribution in [0.1, 0.15) is 383 Å². The van der Waals surface area contributed by atoms with Crippen LogP contribution in [0.3, 0.4) is 0 Å². The Hall–Kier alpha value is -1.94. The molecule has 0 aliphatic heterocycles. The fraction of sp³-hybridized carbons (Fsp3) is 0.947. The van der Waals surface area contributed by atoms with Crippen LogP contribution in [0.4, 0.5) is 0 Å². The summed E-state index contributed by atoms with van der Waals surface area (Å²) in [6, 6.07) is 0. The van der Waals surface area contributed by atoms with Crippen LogP contribution in [0.5, 0.6) is 0 Å². The van der Waals surface area contributed by atoms with E-state index in [2.05, 4.69) is 55.4 Å². The van der Waals surface area contributed by atoms with Gasteiger partial charge in [-0.15, -0.1) is 0 Å². The molecule has 564 valence electrons. The number of ether oxygens (including phenoxy) is 4. The second kappa shape index (κ2) is 65.4. The van der Waals surface area contributed by atoms with Gasteiger partial charge in [0, 0.05) is 25.7 Å². The van der Waals surface area contributed by atoms with Gasteiger partial charge in [0.1, 0.15) is 19.3 Å². The van der Waals surface area contributed by atoms with Crippen LogP contribution < -0.4 is 0 Å². The van der Waals surface area contributed by atoms with Crippen LogP contribution in [0, 0.1) is 23.7 Å². The van der Waals surface area contributed by atoms with Crippen molar-refractivity contribution in [3.63, 3.8) is 0 Å². The van der Waals surface area contributed by atoms with E-state index in [1.165, 1.54) is 180 Å². The van der Waals surface area contributed by atoms with Crippen LogP contribution in [-0.2, 0) is 65.4 Å². The first-order chi connectivity index (χ1) is 45.7. The molecule has 0 spiro atoms. The fourth-order valence-electron chi connectivity index (χ4n) is 11.5. The number of unbranched alkanes of at least 4 members (excludes halogenated alkanes) is 37. The molecule has 0 bridgehead atoms. The van der Waals surface area contributed by atoms with Crippen LogP contribution in [0.25, 0.3) is 0 Å². The van der Waals surface area contributed by atoms with Gasteiger partial charge < -0.3 is 33.8 Å². The summed E-state index contributed by atoms with van der Waals surface area (Å²) in [5.74, 6) is 0.915. The monoisotopic (exact) mass is 1400 g/mol. The Morgan fingerprint density at radius 2 is 0.505 bits per heavy atom. The van der Waals surface area contributed by atoms with Gasteiger partial charge >= 0.3 is 39.5 Å². The maximum Gasteiger partial charge on any atom is 0.472 e. The van der Waals surface area contributed by atoms with E-state index in [0.29, 0.717) is 31.6 Å². The van der Waals surface area contributed by atoms with Crippen molar-refractivity contribution in [1.29, 1.82) is 0 Å². The molecule has 0 saturated heterocycles. The van der Waals surface area contributed by atoms with Crippen LogP contribution >= 0.6 is 15.6 Å². The summed E-state index contributed by atoms with van der Waals surface area (Å²) in [5.41, 5.74) is 0. The van der Waals surface area contributed by atoms with Crippen LogP contribution in [0.2, 0.25) is 0 Å². The maximum atomic E-state index is 13.1. The molecule has 0 saturated carbocycles. The average Bonchev–Trinajstić information content (AvgIpc) is 1.36. The van der Waals surface area contributed by atoms with Gasteiger partial charge in [0.05, 0.1) is 26.4 Å². The lowest BCUT2D eigenvalue weighted by atomic mass is 9.99. The number of phosphoric ester groups is 2. The lowest BCUT2D eigenvalue weighted by Gasteiger charge is -2.21. The third kappa shape index (κ3) is 67.6. The highest BCUT2D eigenvalue weighted by atomic mass is 31.2. The Kier molecular flexibility index (Phi) is 64.0. The second-order valence-corrected chi connectivity index (χ2v) is 31.7. The highest BCUT2D eigenvalue weighted by Crippen LogP contribution is 2.45. The topological polar surface area (TPSA) is 237 Å². The molecule has 0 heterocycles. The van der Waals surface area contributed by atoms with E-state index in [-0.39, 0.29) is 25.7 Å². The van der Waals surface area contributed by atoms with Gasteiger partial charge in [0.25, 0.3) is 0 Å². The zero-order valence-corrected chi connectivity index (χ0v) is 64.1. The highest BCUT2D eigenvalue weighted by molar-refractivity contribution is 7.47. The minimum atomic E-state index is -4.96. The first-order valence-corrected chi connectivity index (χ1v) is 42.3. The number of esters is 4. The predicted molar refractivity (Wildman–Crippen MR) is 386 cm³/mol. The SMILES string of the molecule is CCC(C)CCCCCCCCCCCCCCCCCCCCC(=O)O[C@H](COC(=O)CCCCCCCCC(C)CC)COP(=O)(O)OC[C@H](O)COP(=O)(O)OC[C@@H](COC(=O)CCCCCCCCCCCCCC(C)C)OC(=O)CCCCCCCCC(C)C. The summed E-state index contributed by atoms with van der Waals surface area (Å²) in [6.45, 7) is 14.1. The third-order valence-corrected chi connectivity index (χ3v) is 20.2. The third-order valence-electron chi connectivity index (χ3n) is 18.3. The standard InChI is InChI=1S/C76H148O17P2/c1-9-68(7)54-46-38-29-25-21-17-15-13-11-12-14-16-18-22-27-31-42-50-58-75(80)92-71(63-87-74(79)57-49-41-35-33-39-47-55-69(8)10-2)64-90-94(82,83)88-60-70(77)61-89-95(84,85)91-65-72(93-76(81)59-51-43-34-32-37-45-53-67(5)6)62-86-73(78)56-48-40-30-26-23-19-20-24-28-36-44-52-66(3)4/h66-72,77H,9-65H2,1-8H3,(H,82,83)(H,84,85)/t68?,69?,70-,71+,72+/m0/s1. The van der Waals surface area contributed by atoms with E-state index in [9.17, 15) is 43.2 Å². The Morgan fingerprint density at radius 1 is 0.295 bits per heavy atom. The maximum absolute atomic E-state index is 13.1. The average molecular weight is 1400 g/mol. The Bertz CT molecular complexity index is 1870. The largest absolute Gasteiger partial charge is 0.472 e. The minimum Gasteiger partial charge on any atom is -0.462 e. The van der Waals surface area contributed by atoms with Gasteiger partial charge in [-0.2, -0.15) is 0 Å². The minimum absolute atomic E-state index is 0.102. The Labute approximate surface area is 581 Å². The normalized spacial score (nSPS) is 14.7. The molecule has 0 radical (unpaired) electrons. The van der Waals surface area contributed by atoms with Crippen molar-refractivity contribution in [3.8, 4) is 0 Å². The van der Waals surface area contributed by atoms with Gasteiger partial charge in [-0.05, 0) is 49.4 Å². The lowest BCUT2D eigenvalue weighted by molar-refractivity contribution is -0.161. The molecule has 7 atom stereocenters. The summed E-state index contributed by atoms with van der Waals surface area (Å²) >= 11 is 0. The quantitative estimate of drug-likeness (QED) is 0.0222. The van der Waals surface area contributed by atoms with Gasteiger partial charge in [0.2, 0.25) is 0 Å². The van der Waals surface area contributed by atoms with E-state index in [1.807, 2.05) is 0 Å². The van der Waals surface area contributed by atoms with Crippen molar-refractivity contribution in [2.75, 3.05) is 39.6 Å². The molecule has 4 unspecified atom stereocenters. The van der Waals surface area contributed by atoms with Gasteiger partial charge in [-0.1, -0.05) is 331 Å². The summed E-state index contributed by atoms with van der Waals surface area (Å²) in [5, 5.41) is 10.6. The van der Waals surface area contributed by atoms with E-state index in [0.717, 1.165) is 114 Å². The van der Waals surface area contributed by atoms with E-state index in [4.69, 9.17) is 37.0 Å². The molecular weight excluding hydrogens is 1250 g/mol. The number of rotatable bonds is 73. The molecule has 0 fully saturated rings. The summed E-state index contributed by atoms with van der Waals surface area (Å²) in [7, 11) is -9.91. The zero-order valence-electron chi connectivity index (χ0n) is 62.3. The summed E-state index contributed by atoms with van der Waals surface area (Å²) in [6.07, 6.45) is 50.3. The Morgan fingerprint density at radius 3 is 0.747 bits per heavy atom. The molecule has 19 heteroatoms. The molecule has 0 aromatic rings. The highest BCUT2D eigenvalue weighted by Gasteiger charge is 2.30. The molecule has 3 N–H and O–H groups in total. The number of aliphatic hydroxyl groups excluding tert-OH is 1. The molecule has 0 aliphatic rings. The number of aliphatic hydroxyl groups is 1. The molecule has 0 amide bonds. The molecule has 17 nitrogen and oxygen atoms in total. The van der Waals surface area contributed by atoms with Gasteiger partial charge in [-0.25, -0.2) is 9.13 Å². The zero-order chi connectivity index (χ0) is 70.3. The number of carbonyl (C=O) groups excluding carboxylic acids is 4. The molecular formula is C76H148O17P2. The number of phosphoric acid groups is 2. The lowest BCUT2D eigenvalue weighted by Crippen LogP contribution is -2.30. The van der Waals surface area contributed by atoms with Crippen LogP contribution in [-0.4, -0.2) is 96.7 Å². The second-order valence-electron chi connectivity index (χ2n) is 28.8. The van der Waals surface area contributed by atoms with Crippen molar-refractivity contribution in [3.05, 3.63) is 0 Å². The first-order valence-electron chi connectivity index (χ1n) is 39.3. The van der Waals surface area contributed by atoms with E-state index in [1.54, 1.807) is 0 Å². The van der Waals surface area contributed by atoms with Crippen molar-refractivity contribution in [2.45, 2.75) is 401 Å². The van der Waals surface area contributed by atoms with Crippen molar-refractivity contribution in [2.24, 2.45) is 23.7 Å². The summed E-state index contributed by atoms with van der Waals surface area (Å²) < 4.78 is 68.4. The van der Waals surface area contributed by atoms with Gasteiger partial charge in [-0.3, -0.25) is 37.3 Å². The molecule has 95 heavy (non-hydrogen) atoms. The molecule has 0 aliphatic carbocycles. The van der Waals surface area contributed by atoms with Crippen molar-refractivity contribution in [1.82, 2.24) is 0 Å². The Balaban J connectivity index is 5.14. The fourth-order valence-corrected chi connectivity index (χ4v) is 13.1. The number of carbonyl (C=O) groups is 4. The van der Waals surface area contributed by atoms with Crippen molar-refractivity contribution < 1.29 is 80.2 Å². The summed E-state index contributed by atoms with van der Waals surface area (Å²) in [4.78, 5) is 72.7. The molecule has 0 rings (SSSR count). The van der Waals surface area contributed by atoms with Crippen LogP contribution in [0.15, 0.2) is 0 Å². The number of hydrogen-bond donors (Lipinski definition) is 3. The molecule has 0 aromatic heterocycles. The molecule has 0 aromatic carbocycles.